The third-order valence-corrected chi connectivity index (χ3v) is 2.22. The summed E-state index contributed by atoms with van der Waals surface area (Å²) < 4.78 is 12.7. The van der Waals surface area contributed by atoms with Gasteiger partial charge >= 0.3 is 0 Å². The molecule has 0 atom stereocenters. The quantitative estimate of drug-likeness (QED) is 0.554. The molecule has 0 unspecified atom stereocenters. The van der Waals surface area contributed by atoms with Gasteiger partial charge in [-0.25, -0.2) is 9.18 Å². The van der Waals surface area contributed by atoms with Gasteiger partial charge in [-0.1, -0.05) is 24.3 Å². The molecule has 2 aromatic carbocycles. The van der Waals surface area contributed by atoms with E-state index in [9.17, 15) is 9.18 Å². The first-order chi connectivity index (χ1) is 7.79. The molecule has 0 saturated heterocycles. The third-order valence-electron chi connectivity index (χ3n) is 2.22. The van der Waals surface area contributed by atoms with E-state index in [1.165, 1.54) is 18.2 Å². The lowest BCUT2D eigenvalue weighted by molar-refractivity contribution is 0.565. The summed E-state index contributed by atoms with van der Waals surface area (Å²) in [6.45, 7) is 0. The van der Waals surface area contributed by atoms with Crippen LogP contribution >= 0.6 is 0 Å². The van der Waals surface area contributed by atoms with Crippen molar-refractivity contribution < 1.29 is 9.18 Å². The van der Waals surface area contributed by atoms with Crippen LogP contribution in [-0.2, 0) is 4.79 Å². The van der Waals surface area contributed by atoms with Crippen molar-refractivity contribution in [3.05, 3.63) is 54.3 Å². The van der Waals surface area contributed by atoms with Crippen LogP contribution < -0.4 is 0 Å². The van der Waals surface area contributed by atoms with Crippen LogP contribution in [0.2, 0.25) is 0 Å². The second kappa shape index (κ2) is 4.51. The van der Waals surface area contributed by atoms with Gasteiger partial charge in [0.25, 0.3) is 0 Å². The molecule has 0 fully saturated rings. The highest BCUT2D eigenvalue weighted by atomic mass is 19.1. The van der Waals surface area contributed by atoms with E-state index in [0.29, 0.717) is 5.69 Å². The van der Waals surface area contributed by atoms with Crippen LogP contribution in [0.15, 0.2) is 53.5 Å². The molecule has 0 saturated carbocycles. The van der Waals surface area contributed by atoms with Gasteiger partial charge in [0.2, 0.25) is 6.08 Å². The fraction of sp³-hybridized carbons (Fsp3) is 0. The summed E-state index contributed by atoms with van der Waals surface area (Å²) in [7, 11) is 0. The summed E-state index contributed by atoms with van der Waals surface area (Å²) in [5.41, 5.74) is 2.42. The highest BCUT2D eigenvalue weighted by Crippen LogP contribution is 2.22. The van der Waals surface area contributed by atoms with E-state index in [1.807, 2.05) is 12.1 Å². The molecule has 2 rings (SSSR count). The number of halogens is 1. The number of carbonyl (C=O) groups excluding carboxylic acids is 1. The number of rotatable bonds is 2. The van der Waals surface area contributed by atoms with Gasteiger partial charge in [-0.2, -0.15) is 4.99 Å². The standard InChI is InChI=1S/C13H8FNO/c14-12-5-1-10(2-6-12)11-3-7-13(8-4-11)15-9-16/h1-8H. The second-order valence-corrected chi connectivity index (χ2v) is 3.26. The molecule has 0 aromatic heterocycles. The van der Waals surface area contributed by atoms with Gasteiger partial charge in [0.15, 0.2) is 0 Å². The van der Waals surface area contributed by atoms with Crippen LogP contribution in [0.25, 0.3) is 11.1 Å². The SMILES string of the molecule is O=C=Nc1ccc(-c2ccc(F)cc2)cc1. The number of hydrogen-bond acceptors (Lipinski definition) is 2. The van der Waals surface area contributed by atoms with E-state index in [1.54, 1.807) is 24.3 Å². The van der Waals surface area contributed by atoms with Gasteiger partial charge in [-0.3, -0.25) is 0 Å². The lowest BCUT2D eigenvalue weighted by Gasteiger charge is -2.01. The normalized spacial score (nSPS) is 9.56. The summed E-state index contributed by atoms with van der Waals surface area (Å²) in [6.07, 6.45) is 1.48. The molecule has 0 N–H and O–H groups in total. The van der Waals surface area contributed by atoms with E-state index in [0.717, 1.165) is 11.1 Å². The minimum Gasteiger partial charge on any atom is -0.211 e. The van der Waals surface area contributed by atoms with Crippen molar-refractivity contribution in [2.45, 2.75) is 0 Å². The first-order valence-corrected chi connectivity index (χ1v) is 4.73. The molecule has 2 nitrogen and oxygen atoms in total. The molecule has 0 heterocycles. The van der Waals surface area contributed by atoms with Gasteiger partial charge in [0, 0.05) is 0 Å². The van der Waals surface area contributed by atoms with Crippen LogP contribution in [0.4, 0.5) is 10.1 Å². The predicted molar refractivity (Wildman–Crippen MR) is 59.6 cm³/mol. The van der Waals surface area contributed by atoms with E-state index in [-0.39, 0.29) is 5.82 Å². The Morgan fingerprint density at radius 2 is 1.38 bits per heavy atom. The zero-order valence-corrected chi connectivity index (χ0v) is 8.35. The first-order valence-electron chi connectivity index (χ1n) is 4.73. The van der Waals surface area contributed by atoms with Gasteiger partial charge in [0.05, 0.1) is 5.69 Å². The van der Waals surface area contributed by atoms with E-state index < -0.39 is 0 Å². The van der Waals surface area contributed by atoms with Crippen molar-refractivity contribution >= 4 is 11.8 Å². The maximum Gasteiger partial charge on any atom is 0.240 e. The monoisotopic (exact) mass is 213 g/mol. The summed E-state index contributed by atoms with van der Waals surface area (Å²) >= 11 is 0. The molecular weight excluding hydrogens is 205 g/mol. The van der Waals surface area contributed by atoms with Gasteiger partial charge < -0.3 is 0 Å². The molecule has 16 heavy (non-hydrogen) atoms. The molecule has 78 valence electrons. The molecule has 0 spiro atoms. The first kappa shape index (κ1) is 10.3. The average molecular weight is 213 g/mol. The molecule has 0 bridgehead atoms. The lowest BCUT2D eigenvalue weighted by atomic mass is 10.1. The summed E-state index contributed by atoms with van der Waals surface area (Å²) in [5.74, 6) is -0.258. The summed E-state index contributed by atoms with van der Waals surface area (Å²) in [5, 5.41) is 0. The van der Waals surface area contributed by atoms with E-state index >= 15 is 0 Å². The van der Waals surface area contributed by atoms with Crippen molar-refractivity contribution in [3.63, 3.8) is 0 Å². The largest absolute Gasteiger partial charge is 0.240 e. The number of nitrogens with zero attached hydrogens (tertiary/aromatic N) is 1. The highest BCUT2D eigenvalue weighted by Gasteiger charge is 1.97. The highest BCUT2D eigenvalue weighted by molar-refractivity contribution is 5.65. The van der Waals surface area contributed by atoms with Crippen molar-refractivity contribution in [2.75, 3.05) is 0 Å². The Morgan fingerprint density at radius 1 is 0.875 bits per heavy atom. The molecule has 0 aliphatic carbocycles. The van der Waals surface area contributed by atoms with Gasteiger partial charge in [-0.15, -0.1) is 0 Å². The lowest BCUT2D eigenvalue weighted by Crippen LogP contribution is -1.78. The second-order valence-electron chi connectivity index (χ2n) is 3.26. The van der Waals surface area contributed by atoms with Crippen LogP contribution in [0, 0.1) is 5.82 Å². The zero-order valence-electron chi connectivity index (χ0n) is 8.35. The predicted octanol–water partition coefficient (Wildman–Crippen LogP) is 3.46. The van der Waals surface area contributed by atoms with Gasteiger partial charge in [0.1, 0.15) is 5.82 Å². The van der Waals surface area contributed by atoms with Crippen LogP contribution in [0.5, 0.6) is 0 Å². The number of aliphatic imine (C=N–C) groups is 1. The van der Waals surface area contributed by atoms with Gasteiger partial charge in [-0.05, 0) is 35.4 Å². The molecule has 0 amide bonds. The number of benzene rings is 2. The Balaban J connectivity index is 2.34. The van der Waals surface area contributed by atoms with Crippen molar-refractivity contribution in [1.29, 1.82) is 0 Å². The summed E-state index contributed by atoms with van der Waals surface area (Å²) in [4.78, 5) is 13.5. The molecule has 3 heteroatoms. The molecule has 0 radical (unpaired) electrons. The smallest absolute Gasteiger partial charge is 0.211 e. The van der Waals surface area contributed by atoms with E-state index in [4.69, 9.17) is 0 Å². The maximum absolute atomic E-state index is 12.7. The molecule has 0 aliphatic heterocycles. The topological polar surface area (TPSA) is 29.4 Å². The molecule has 0 aliphatic rings. The number of hydrogen-bond donors (Lipinski definition) is 0. The number of isocyanates is 1. The fourth-order valence-electron chi connectivity index (χ4n) is 1.42. The fourth-order valence-corrected chi connectivity index (χ4v) is 1.42. The Kier molecular flexibility index (Phi) is 2.90. The average Bonchev–Trinajstić information content (AvgIpc) is 2.32. The minimum atomic E-state index is -0.258. The van der Waals surface area contributed by atoms with Crippen LogP contribution in [0.3, 0.4) is 0 Å². The van der Waals surface area contributed by atoms with Crippen molar-refractivity contribution in [2.24, 2.45) is 4.99 Å². The Labute approximate surface area is 92.1 Å². The molecule has 2 aromatic rings. The Bertz CT molecular complexity index is 525. The molecular formula is C13H8FNO. The van der Waals surface area contributed by atoms with Crippen LogP contribution in [-0.4, -0.2) is 6.08 Å². The third kappa shape index (κ3) is 2.22. The Hall–Kier alpha value is -2.25. The maximum atomic E-state index is 12.7. The van der Waals surface area contributed by atoms with Crippen molar-refractivity contribution in [1.82, 2.24) is 0 Å². The van der Waals surface area contributed by atoms with E-state index in [2.05, 4.69) is 4.99 Å². The Morgan fingerprint density at radius 3 is 1.88 bits per heavy atom. The summed E-state index contributed by atoms with van der Waals surface area (Å²) in [6, 6.07) is 13.3. The van der Waals surface area contributed by atoms with Crippen LogP contribution in [0.1, 0.15) is 0 Å². The minimum absolute atomic E-state index is 0.258. The van der Waals surface area contributed by atoms with Crippen molar-refractivity contribution in [3.8, 4) is 11.1 Å². The zero-order chi connectivity index (χ0) is 11.4.